The number of hydrogen-bond donors (Lipinski definition) is 2. The number of thiazole rings is 1. The van der Waals surface area contributed by atoms with Gasteiger partial charge in [0.25, 0.3) is 5.91 Å². The monoisotopic (exact) mass is 372 g/mol. The summed E-state index contributed by atoms with van der Waals surface area (Å²) in [5.41, 5.74) is 1.04. The number of aromatic amines is 2. The zero-order valence-electron chi connectivity index (χ0n) is 14.7. The minimum Gasteiger partial charge on any atom is -0.335 e. The number of pyridine rings is 1. The van der Waals surface area contributed by atoms with E-state index in [2.05, 4.69) is 38.7 Å². The number of hydrogen-bond acceptors (Lipinski definition) is 6. The minimum absolute atomic E-state index is 0.105. The molecule has 1 atom stereocenters. The van der Waals surface area contributed by atoms with Crippen molar-refractivity contribution in [2.75, 3.05) is 26.2 Å². The van der Waals surface area contributed by atoms with Crippen molar-refractivity contribution in [1.29, 1.82) is 0 Å². The van der Waals surface area contributed by atoms with E-state index in [9.17, 15) is 9.59 Å². The maximum atomic E-state index is 12.7. The number of carbonyl (C=O) groups excluding carboxylic acids is 1. The van der Waals surface area contributed by atoms with E-state index >= 15 is 0 Å². The van der Waals surface area contributed by atoms with Gasteiger partial charge in [0.1, 0.15) is 10.7 Å². The third-order valence-corrected chi connectivity index (χ3v) is 5.82. The van der Waals surface area contributed by atoms with Gasteiger partial charge in [0, 0.05) is 37.3 Å². The van der Waals surface area contributed by atoms with Crippen molar-refractivity contribution < 1.29 is 4.79 Å². The molecule has 3 aromatic heterocycles. The quantitative estimate of drug-likeness (QED) is 0.727. The number of amides is 1. The number of nitrogens with zero attached hydrogens (tertiary/aromatic N) is 4. The number of imidazole rings is 1. The lowest BCUT2D eigenvalue weighted by Gasteiger charge is -2.37. The van der Waals surface area contributed by atoms with Gasteiger partial charge in [-0.3, -0.25) is 14.7 Å². The Kier molecular flexibility index (Phi) is 4.33. The largest absolute Gasteiger partial charge is 0.335 e. The summed E-state index contributed by atoms with van der Waals surface area (Å²) in [5, 5.41) is 1.12. The van der Waals surface area contributed by atoms with Gasteiger partial charge < -0.3 is 9.88 Å². The van der Waals surface area contributed by atoms with Crippen LogP contribution in [-0.2, 0) is 0 Å². The minimum atomic E-state index is -0.322. The van der Waals surface area contributed by atoms with Crippen molar-refractivity contribution in [3.63, 3.8) is 0 Å². The lowest BCUT2D eigenvalue weighted by Crippen LogP contribution is -2.49. The van der Waals surface area contributed by atoms with Gasteiger partial charge in [-0.25, -0.2) is 14.8 Å². The van der Waals surface area contributed by atoms with Gasteiger partial charge >= 0.3 is 5.69 Å². The molecule has 1 saturated heterocycles. The number of carbonyl (C=O) groups is 1. The first kappa shape index (κ1) is 16.9. The summed E-state index contributed by atoms with van der Waals surface area (Å²) >= 11 is 1.72. The number of H-pyrrole nitrogens is 2. The molecule has 0 aliphatic carbocycles. The van der Waals surface area contributed by atoms with Crippen molar-refractivity contribution in [3.8, 4) is 0 Å². The fourth-order valence-electron chi connectivity index (χ4n) is 3.23. The zero-order chi connectivity index (χ0) is 18.3. The Morgan fingerprint density at radius 2 is 2.00 bits per heavy atom. The van der Waals surface area contributed by atoms with Crippen LogP contribution in [0.15, 0.2) is 23.1 Å². The van der Waals surface area contributed by atoms with Crippen LogP contribution >= 0.6 is 11.3 Å². The van der Waals surface area contributed by atoms with Crippen LogP contribution in [0.1, 0.15) is 33.3 Å². The van der Waals surface area contributed by atoms with Gasteiger partial charge in [0.2, 0.25) is 0 Å². The van der Waals surface area contributed by atoms with Gasteiger partial charge in [-0.15, -0.1) is 11.3 Å². The van der Waals surface area contributed by atoms with Gasteiger partial charge in [-0.2, -0.15) is 0 Å². The van der Waals surface area contributed by atoms with E-state index in [1.165, 1.54) is 4.88 Å². The molecule has 0 aromatic carbocycles. The SMILES string of the molecule is Cc1cnc(C(C)N2CCN(C(=O)c3ccc4[nH]c(=O)[nH]c4n3)CC2)s1. The van der Waals surface area contributed by atoms with E-state index in [-0.39, 0.29) is 17.6 Å². The van der Waals surface area contributed by atoms with E-state index < -0.39 is 0 Å². The average molecular weight is 372 g/mol. The third kappa shape index (κ3) is 3.15. The van der Waals surface area contributed by atoms with Crippen molar-refractivity contribution >= 4 is 28.4 Å². The van der Waals surface area contributed by atoms with Crippen molar-refractivity contribution in [1.82, 2.24) is 29.7 Å². The molecule has 8 nitrogen and oxygen atoms in total. The molecule has 0 bridgehead atoms. The predicted octanol–water partition coefficient (Wildman–Crippen LogP) is 1.54. The van der Waals surface area contributed by atoms with Gasteiger partial charge in [-0.05, 0) is 26.0 Å². The molecule has 9 heteroatoms. The summed E-state index contributed by atoms with van der Waals surface area (Å²) in [7, 11) is 0. The molecule has 1 aliphatic rings. The normalized spacial score (nSPS) is 16.9. The van der Waals surface area contributed by atoms with Crippen LogP contribution in [-0.4, -0.2) is 61.8 Å². The van der Waals surface area contributed by atoms with Crippen LogP contribution in [0.4, 0.5) is 0 Å². The second-order valence-corrected chi connectivity index (χ2v) is 7.75. The predicted molar refractivity (Wildman–Crippen MR) is 99.5 cm³/mol. The summed E-state index contributed by atoms with van der Waals surface area (Å²) in [6.45, 7) is 7.12. The highest BCUT2D eigenvalue weighted by molar-refractivity contribution is 7.11. The van der Waals surface area contributed by atoms with Gasteiger partial charge in [0.15, 0.2) is 5.65 Å². The third-order valence-electron chi connectivity index (χ3n) is 4.74. The highest BCUT2D eigenvalue weighted by Gasteiger charge is 2.27. The number of aromatic nitrogens is 4. The van der Waals surface area contributed by atoms with E-state index in [1.54, 1.807) is 23.5 Å². The highest BCUT2D eigenvalue weighted by atomic mass is 32.1. The molecular formula is C17H20N6O2S. The smallest absolute Gasteiger partial charge is 0.325 e. The molecule has 0 spiro atoms. The summed E-state index contributed by atoms with van der Waals surface area (Å²) in [5.74, 6) is -0.105. The van der Waals surface area contributed by atoms with Gasteiger partial charge in [0.05, 0.1) is 11.6 Å². The Morgan fingerprint density at radius 1 is 1.23 bits per heavy atom. The Morgan fingerprint density at radius 3 is 2.69 bits per heavy atom. The van der Waals surface area contributed by atoms with Crippen LogP contribution in [0, 0.1) is 6.92 Å². The molecule has 0 radical (unpaired) electrons. The zero-order valence-corrected chi connectivity index (χ0v) is 15.5. The number of nitrogens with one attached hydrogen (secondary N) is 2. The molecule has 1 amide bonds. The Bertz CT molecular complexity index is 998. The molecular weight excluding hydrogens is 352 g/mol. The first-order valence-corrected chi connectivity index (χ1v) is 9.37. The van der Waals surface area contributed by atoms with Crippen molar-refractivity contribution in [2.24, 2.45) is 0 Å². The molecule has 2 N–H and O–H groups in total. The number of piperazine rings is 1. The van der Waals surface area contributed by atoms with Crippen LogP contribution in [0.2, 0.25) is 0 Å². The Balaban J connectivity index is 1.43. The molecule has 1 fully saturated rings. The van der Waals surface area contributed by atoms with Crippen molar-refractivity contribution in [3.05, 3.63) is 44.4 Å². The van der Waals surface area contributed by atoms with Crippen molar-refractivity contribution in [2.45, 2.75) is 19.9 Å². The average Bonchev–Trinajstić information content (AvgIpc) is 3.24. The van der Waals surface area contributed by atoms with Crippen LogP contribution in [0.5, 0.6) is 0 Å². The topological polar surface area (TPSA) is 98.0 Å². The molecule has 1 unspecified atom stereocenters. The Hall–Kier alpha value is -2.52. The lowest BCUT2D eigenvalue weighted by molar-refractivity contribution is 0.0577. The lowest BCUT2D eigenvalue weighted by atomic mass is 10.2. The Labute approximate surface area is 153 Å². The summed E-state index contributed by atoms with van der Waals surface area (Å²) in [6.07, 6.45) is 1.91. The van der Waals surface area contributed by atoms with Crippen LogP contribution < -0.4 is 5.69 Å². The summed E-state index contributed by atoms with van der Waals surface area (Å²) < 4.78 is 0. The molecule has 136 valence electrons. The van der Waals surface area contributed by atoms with Crippen LogP contribution in [0.3, 0.4) is 0 Å². The molecule has 3 aromatic rings. The number of fused-ring (bicyclic) bond motifs is 1. The van der Waals surface area contributed by atoms with E-state index in [0.717, 1.165) is 18.1 Å². The maximum Gasteiger partial charge on any atom is 0.325 e. The van der Waals surface area contributed by atoms with E-state index in [0.29, 0.717) is 29.9 Å². The standard InChI is InChI=1S/C17H20N6O2S/c1-10-9-18-15(26-10)11(2)22-5-7-23(8-6-22)16(24)13-4-3-12-14(19-13)21-17(25)20-12/h3-4,9,11H,5-8H2,1-2H3,(H2,19,20,21,25). The number of aryl methyl sites for hydroxylation is 1. The molecule has 4 heterocycles. The fourth-order valence-corrected chi connectivity index (χ4v) is 4.09. The fraction of sp³-hybridized carbons (Fsp3) is 0.412. The van der Waals surface area contributed by atoms with Gasteiger partial charge in [-0.1, -0.05) is 0 Å². The molecule has 26 heavy (non-hydrogen) atoms. The molecule has 1 aliphatic heterocycles. The summed E-state index contributed by atoms with van der Waals surface area (Å²) in [6, 6.07) is 3.61. The van der Waals surface area contributed by atoms with E-state index in [4.69, 9.17) is 0 Å². The number of rotatable bonds is 3. The molecule has 0 saturated carbocycles. The first-order valence-electron chi connectivity index (χ1n) is 8.56. The first-order chi connectivity index (χ1) is 12.5. The highest BCUT2D eigenvalue weighted by Crippen LogP contribution is 2.25. The molecule has 4 rings (SSSR count). The van der Waals surface area contributed by atoms with Crippen LogP contribution in [0.25, 0.3) is 11.2 Å². The second-order valence-electron chi connectivity index (χ2n) is 6.49. The second kappa shape index (κ2) is 6.65. The maximum absolute atomic E-state index is 12.7. The van der Waals surface area contributed by atoms with E-state index in [1.807, 2.05) is 11.1 Å². The summed E-state index contributed by atoms with van der Waals surface area (Å²) in [4.78, 5) is 43.4.